The van der Waals surface area contributed by atoms with Gasteiger partial charge in [-0.05, 0) is 159 Å². The summed E-state index contributed by atoms with van der Waals surface area (Å²) in [5, 5.41) is 0.242. The third-order valence-corrected chi connectivity index (χ3v) is 27.9. The van der Waals surface area contributed by atoms with E-state index in [1.165, 1.54) is 44.1 Å². The molecule has 0 radical (unpaired) electrons. The Hall–Kier alpha value is -0.249. The maximum atomic E-state index is 11.5. The van der Waals surface area contributed by atoms with Crippen LogP contribution in [0.2, 0.25) is 54.4 Å². The number of fused-ring (bicyclic) bond motifs is 1. The molecule has 3 fully saturated rings. The minimum Gasteiger partial charge on any atom is -0.432 e. The first kappa shape index (κ1) is 45.1. The van der Waals surface area contributed by atoms with E-state index in [9.17, 15) is 4.80 Å². The highest BCUT2D eigenvalue weighted by atomic mass is 28.4. The van der Waals surface area contributed by atoms with Crippen LogP contribution in [0.4, 0.5) is 0 Å². The van der Waals surface area contributed by atoms with Gasteiger partial charge in [0.25, 0.3) is 0 Å². The molecule has 6 atom stereocenters. The Morgan fingerprint density at radius 3 is 2.02 bits per heavy atom. The number of rotatable bonds is 13. The summed E-state index contributed by atoms with van der Waals surface area (Å²) < 4.78 is 14.1. The lowest BCUT2D eigenvalue weighted by Crippen LogP contribution is -2.47. The molecule has 0 amide bonds. The molecular weight excluding hydrogens is 673 g/mol. The van der Waals surface area contributed by atoms with Crippen LogP contribution in [0.25, 0.3) is 0 Å². The highest BCUT2D eigenvalue weighted by molar-refractivity contribution is 6.74. The summed E-state index contributed by atoms with van der Waals surface area (Å²) in [5.41, 5.74) is 5.21. The van der Waals surface area contributed by atoms with Gasteiger partial charge in [-0.1, -0.05) is 112 Å². The van der Waals surface area contributed by atoms with Crippen LogP contribution in [0.1, 0.15) is 147 Å². The number of hydrogen-bond donors (Lipinski definition) is 1. The van der Waals surface area contributed by atoms with Gasteiger partial charge < -0.3 is 13.6 Å². The van der Waals surface area contributed by atoms with Crippen molar-refractivity contribution in [2.45, 2.75) is 208 Å². The van der Waals surface area contributed by atoms with Crippen LogP contribution >= 0.6 is 0 Å². The van der Waals surface area contributed by atoms with Gasteiger partial charge in [-0.15, -0.1) is 0 Å². The van der Waals surface area contributed by atoms with Crippen molar-refractivity contribution in [1.82, 2.24) is 0 Å². The molecule has 1 N–H and O–H groups in total. The van der Waals surface area contributed by atoms with Crippen molar-refractivity contribution in [2.24, 2.45) is 35.0 Å². The average molecular weight is 759 g/mol. The van der Waals surface area contributed by atoms with Gasteiger partial charge in [0.2, 0.25) is 0 Å². The smallest absolute Gasteiger partial charge is 0.192 e. The molecule has 0 bridgehead atoms. The van der Waals surface area contributed by atoms with Crippen molar-refractivity contribution in [3.8, 4) is 0 Å². The van der Waals surface area contributed by atoms with Gasteiger partial charge in [-0.25, -0.2) is 0 Å². The first-order valence-corrected chi connectivity index (χ1v) is 29.9. The van der Waals surface area contributed by atoms with E-state index in [1.54, 1.807) is 11.1 Å². The zero-order valence-corrected chi connectivity index (χ0v) is 40.2. The van der Waals surface area contributed by atoms with Gasteiger partial charge in [0.1, 0.15) is 0 Å². The van der Waals surface area contributed by atoms with E-state index in [4.69, 9.17) is 8.85 Å². The fourth-order valence-electron chi connectivity index (χ4n) is 9.37. The minimum absolute atomic E-state index is 0.0887. The first-order chi connectivity index (χ1) is 23.0. The fraction of sp³-hybridized carbons (Fsp3) is 0.867. The van der Waals surface area contributed by atoms with Crippen LogP contribution < -0.4 is 0 Å². The molecule has 6 heteroatoms. The molecule has 2 unspecified atom stereocenters. The second kappa shape index (κ2) is 16.5. The number of hydrogen-bond acceptors (Lipinski definition) is 3. The minimum atomic E-state index is -2.41. The second-order valence-corrected chi connectivity index (χ2v) is 36.5. The quantitative estimate of drug-likeness (QED) is 0.115. The molecular formula is C45H86O3Si3. The topological polar surface area (TPSA) is 38.7 Å². The fourth-order valence-corrected chi connectivity index (χ4v) is 12.5. The maximum absolute atomic E-state index is 11.5. The summed E-state index contributed by atoms with van der Waals surface area (Å²) in [7, 11) is -6.28. The Bertz CT molecular complexity index is 1210. The van der Waals surface area contributed by atoms with Crippen LogP contribution in [-0.2, 0) is 8.85 Å². The van der Waals surface area contributed by atoms with E-state index in [-0.39, 0.29) is 21.2 Å². The summed E-state index contributed by atoms with van der Waals surface area (Å²) in [6.07, 6.45) is 19.9. The Labute approximate surface area is 321 Å². The highest BCUT2D eigenvalue weighted by Gasteiger charge is 2.51. The molecule has 3 aliphatic carbocycles. The lowest BCUT2D eigenvalue weighted by atomic mass is 9.60. The third-order valence-electron chi connectivity index (χ3n) is 15.3. The molecule has 0 spiro atoms. The lowest BCUT2D eigenvalue weighted by molar-refractivity contribution is 0.0893. The third kappa shape index (κ3) is 11.0. The molecule has 3 aliphatic rings. The Morgan fingerprint density at radius 1 is 0.863 bits per heavy atom. The molecule has 0 heterocycles. The van der Waals surface area contributed by atoms with Crippen LogP contribution in [-0.4, -0.2) is 42.5 Å². The predicted octanol–water partition coefficient (Wildman–Crippen LogP) is 14.2. The van der Waals surface area contributed by atoms with Crippen LogP contribution in [0.15, 0.2) is 34.9 Å². The van der Waals surface area contributed by atoms with E-state index in [1.807, 2.05) is 0 Å². The molecule has 0 aromatic carbocycles. The lowest BCUT2D eigenvalue weighted by Gasteiger charge is -2.46. The maximum Gasteiger partial charge on any atom is 0.192 e. The SMILES string of the molecule is CC(C)C[C@@H](C)C1CCC2/C(=C/C=C3\C[C@@H](CC(C)(C)[Si](C)(C)O)/C(=C/CCO[Si](C)(C)C(C)(C)C)[C@H](O[Si](C)(C)C(C)(C)C)C3)CCC[C@@]21C. The van der Waals surface area contributed by atoms with Gasteiger partial charge in [0, 0.05) is 6.61 Å². The molecule has 0 aromatic heterocycles. The first-order valence-electron chi connectivity index (χ1n) is 21.1. The van der Waals surface area contributed by atoms with E-state index < -0.39 is 25.0 Å². The normalized spacial score (nSPS) is 30.5. The van der Waals surface area contributed by atoms with Gasteiger partial charge in [-0.3, -0.25) is 0 Å². The highest BCUT2D eigenvalue weighted by Crippen LogP contribution is 2.60. The zero-order chi connectivity index (χ0) is 39.0. The summed E-state index contributed by atoms with van der Waals surface area (Å²) in [6.45, 7) is 43.4. The molecule has 0 aliphatic heterocycles. The monoisotopic (exact) mass is 759 g/mol. The largest absolute Gasteiger partial charge is 0.432 e. The van der Waals surface area contributed by atoms with Crippen molar-refractivity contribution >= 4 is 25.0 Å². The van der Waals surface area contributed by atoms with E-state index in [2.05, 4.69) is 141 Å². The standard InChI is InChI=1S/C45H86O3Si3/c1-33(2)29-34(3)39-25-26-40-36(21-19-27-45(39,40)12)24-23-35-30-37(32-44(10,11)49(13,14)46)38(22-20-28-47-50(15,16)42(4,5)6)41(31-35)48-51(17,18)43(7,8)9/h22-24,33-34,37,39-41,46H,19-21,25-32H2,1-18H3/b35-23+,36-24+,38-22-/t34-,37+,39?,40?,41-,45-/m1/s1. The van der Waals surface area contributed by atoms with Crippen LogP contribution in [0.5, 0.6) is 0 Å². The predicted molar refractivity (Wildman–Crippen MR) is 232 cm³/mol. The van der Waals surface area contributed by atoms with Gasteiger partial charge in [-0.2, -0.15) is 0 Å². The molecule has 0 aromatic rings. The molecule has 3 nitrogen and oxygen atoms in total. The van der Waals surface area contributed by atoms with Crippen molar-refractivity contribution in [1.29, 1.82) is 0 Å². The van der Waals surface area contributed by atoms with Gasteiger partial charge >= 0.3 is 0 Å². The summed E-state index contributed by atoms with van der Waals surface area (Å²) in [5.74, 6) is 3.54. The zero-order valence-electron chi connectivity index (χ0n) is 37.2. The molecule has 3 rings (SSSR count). The van der Waals surface area contributed by atoms with Crippen molar-refractivity contribution in [3.05, 3.63) is 34.9 Å². The Balaban J connectivity index is 2.03. The van der Waals surface area contributed by atoms with Gasteiger partial charge in [0.05, 0.1) is 6.10 Å². The second-order valence-electron chi connectivity index (χ2n) is 22.5. The van der Waals surface area contributed by atoms with E-state index in [0.717, 1.165) is 56.0 Å². The molecule has 0 saturated heterocycles. The van der Waals surface area contributed by atoms with Crippen molar-refractivity contribution in [2.75, 3.05) is 6.61 Å². The average Bonchev–Trinajstić information content (AvgIpc) is 3.30. The molecule has 51 heavy (non-hydrogen) atoms. The Kier molecular flexibility index (Phi) is 14.6. The summed E-state index contributed by atoms with van der Waals surface area (Å²) in [6, 6.07) is 0. The summed E-state index contributed by atoms with van der Waals surface area (Å²) in [4.78, 5) is 11.5. The van der Waals surface area contributed by atoms with Crippen LogP contribution in [0.3, 0.4) is 0 Å². The molecule has 296 valence electrons. The Morgan fingerprint density at radius 2 is 1.47 bits per heavy atom. The molecule has 3 saturated carbocycles. The van der Waals surface area contributed by atoms with E-state index in [0.29, 0.717) is 11.3 Å². The van der Waals surface area contributed by atoms with Crippen molar-refractivity contribution < 1.29 is 13.6 Å². The van der Waals surface area contributed by atoms with Crippen molar-refractivity contribution in [3.63, 3.8) is 0 Å². The summed E-state index contributed by atoms with van der Waals surface area (Å²) >= 11 is 0. The van der Waals surface area contributed by atoms with E-state index >= 15 is 0 Å². The number of allylic oxidation sites excluding steroid dienone is 3. The van der Waals surface area contributed by atoms with Gasteiger partial charge in [0.15, 0.2) is 25.0 Å². The van der Waals surface area contributed by atoms with Crippen LogP contribution in [0, 0.1) is 35.0 Å².